The molecule has 0 fully saturated rings. The average Bonchev–Trinajstić information content (AvgIpc) is 2.43. The molecule has 4 nitrogen and oxygen atoms in total. The van der Waals surface area contributed by atoms with Gasteiger partial charge in [0.1, 0.15) is 5.69 Å². The summed E-state index contributed by atoms with van der Waals surface area (Å²) in [6, 6.07) is 9.58. The number of nitrogens with two attached hydrogens (primary N) is 1. The first-order chi connectivity index (χ1) is 8.83. The third-order valence-corrected chi connectivity index (χ3v) is 2.57. The minimum absolute atomic E-state index is 0.173. The minimum atomic E-state index is -0.173. The molecule has 0 aliphatic heterocycles. The molecule has 18 heavy (non-hydrogen) atoms. The van der Waals surface area contributed by atoms with E-state index in [-0.39, 0.29) is 5.91 Å². The number of hydrogen-bond acceptors (Lipinski definition) is 3. The molecule has 0 aliphatic carbocycles. The van der Waals surface area contributed by atoms with Gasteiger partial charge in [0.05, 0.1) is 0 Å². The van der Waals surface area contributed by atoms with Crippen LogP contribution >= 0.6 is 0 Å². The Morgan fingerprint density at radius 3 is 2.94 bits per heavy atom. The molecule has 1 aromatic heterocycles. The van der Waals surface area contributed by atoms with Crippen LogP contribution in [0.5, 0.6) is 0 Å². The van der Waals surface area contributed by atoms with Crippen LogP contribution in [0.3, 0.4) is 0 Å². The molecule has 0 radical (unpaired) electrons. The van der Waals surface area contributed by atoms with E-state index in [0.717, 1.165) is 10.8 Å². The molecule has 0 spiro atoms. The molecule has 2 aromatic rings. The summed E-state index contributed by atoms with van der Waals surface area (Å²) >= 11 is 0. The molecule has 0 unspecified atom stereocenters. The molecule has 4 heteroatoms. The first-order valence-electron chi connectivity index (χ1n) is 5.80. The fourth-order valence-electron chi connectivity index (χ4n) is 1.72. The van der Waals surface area contributed by atoms with Gasteiger partial charge in [-0.1, -0.05) is 36.4 Å². The average molecular weight is 241 g/mol. The first-order valence-corrected chi connectivity index (χ1v) is 5.80. The maximum absolute atomic E-state index is 12.0. The predicted octanol–water partition coefficient (Wildman–Crippen LogP) is 1.48. The van der Waals surface area contributed by atoms with E-state index in [1.165, 1.54) is 0 Å². The Morgan fingerprint density at radius 1 is 1.28 bits per heavy atom. The third-order valence-electron chi connectivity index (χ3n) is 2.57. The Morgan fingerprint density at radius 2 is 2.11 bits per heavy atom. The Labute approximate surface area is 106 Å². The highest BCUT2D eigenvalue weighted by atomic mass is 16.1. The highest BCUT2D eigenvalue weighted by Gasteiger charge is 2.09. The number of fused-ring (bicyclic) bond motifs is 1. The van der Waals surface area contributed by atoms with Crippen molar-refractivity contribution in [1.82, 2.24) is 10.3 Å². The molecule has 0 saturated carbocycles. The van der Waals surface area contributed by atoms with Crippen molar-refractivity contribution >= 4 is 16.7 Å². The van der Waals surface area contributed by atoms with E-state index in [1.807, 2.05) is 36.4 Å². The number of amides is 1. The quantitative estimate of drug-likeness (QED) is 0.797. The molecular formula is C14H15N3O. The molecule has 1 heterocycles. The zero-order chi connectivity index (χ0) is 12.8. The summed E-state index contributed by atoms with van der Waals surface area (Å²) in [5.74, 6) is -0.173. The van der Waals surface area contributed by atoms with Crippen molar-refractivity contribution in [2.75, 3.05) is 13.1 Å². The number of nitrogens with one attached hydrogen (secondary N) is 1. The Hall–Kier alpha value is -2.20. The first kappa shape index (κ1) is 12.3. The number of carbonyl (C=O) groups is 1. The molecule has 0 bridgehead atoms. The maximum Gasteiger partial charge on any atom is 0.270 e. The lowest BCUT2D eigenvalue weighted by Gasteiger charge is -2.05. The Balaban J connectivity index is 2.20. The standard InChI is InChI=1S/C14H15N3O/c15-8-3-4-9-17-14(18)13-12-6-2-1-5-11(12)7-10-16-13/h1-7,10H,8-9,15H2,(H,17,18)/b4-3+. The van der Waals surface area contributed by atoms with Crippen LogP contribution in [0.2, 0.25) is 0 Å². The second kappa shape index (κ2) is 5.93. The van der Waals surface area contributed by atoms with E-state index < -0.39 is 0 Å². The summed E-state index contributed by atoms with van der Waals surface area (Å²) in [6.45, 7) is 0.934. The molecule has 3 N–H and O–H groups in total. The van der Waals surface area contributed by atoms with E-state index in [0.29, 0.717) is 18.8 Å². The smallest absolute Gasteiger partial charge is 0.270 e. The Bertz CT molecular complexity index is 573. The monoisotopic (exact) mass is 241 g/mol. The van der Waals surface area contributed by atoms with Gasteiger partial charge in [0, 0.05) is 24.7 Å². The van der Waals surface area contributed by atoms with Crippen LogP contribution in [-0.2, 0) is 0 Å². The summed E-state index contributed by atoms with van der Waals surface area (Å²) < 4.78 is 0. The second-order valence-corrected chi connectivity index (χ2v) is 3.80. The van der Waals surface area contributed by atoms with E-state index in [1.54, 1.807) is 12.3 Å². The van der Waals surface area contributed by atoms with Gasteiger partial charge in [-0.2, -0.15) is 0 Å². The van der Waals surface area contributed by atoms with Crippen molar-refractivity contribution in [3.8, 4) is 0 Å². The van der Waals surface area contributed by atoms with E-state index in [9.17, 15) is 4.79 Å². The number of aromatic nitrogens is 1. The van der Waals surface area contributed by atoms with Crippen molar-refractivity contribution in [3.63, 3.8) is 0 Å². The van der Waals surface area contributed by atoms with Gasteiger partial charge in [-0.05, 0) is 11.5 Å². The third kappa shape index (κ3) is 2.73. The van der Waals surface area contributed by atoms with Crippen LogP contribution < -0.4 is 11.1 Å². The van der Waals surface area contributed by atoms with Gasteiger partial charge in [-0.25, -0.2) is 0 Å². The lowest BCUT2D eigenvalue weighted by atomic mass is 10.1. The summed E-state index contributed by atoms with van der Waals surface area (Å²) in [4.78, 5) is 16.1. The van der Waals surface area contributed by atoms with Crippen molar-refractivity contribution in [2.45, 2.75) is 0 Å². The van der Waals surface area contributed by atoms with Gasteiger partial charge >= 0.3 is 0 Å². The van der Waals surface area contributed by atoms with Crippen LogP contribution in [-0.4, -0.2) is 24.0 Å². The van der Waals surface area contributed by atoms with Crippen molar-refractivity contribution in [1.29, 1.82) is 0 Å². The van der Waals surface area contributed by atoms with Gasteiger partial charge in [0.25, 0.3) is 5.91 Å². The molecule has 1 aromatic carbocycles. The second-order valence-electron chi connectivity index (χ2n) is 3.80. The van der Waals surface area contributed by atoms with E-state index in [2.05, 4.69) is 10.3 Å². The normalized spacial score (nSPS) is 10.9. The largest absolute Gasteiger partial charge is 0.347 e. The number of benzene rings is 1. The van der Waals surface area contributed by atoms with Crippen LogP contribution in [0, 0.1) is 0 Å². The SMILES string of the molecule is NC/C=C/CNC(=O)c1nccc2ccccc12. The highest BCUT2D eigenvalue weighted by molar-refractivity contribution is 6.05. The molecule has 92 valence electrons. The lowest BCUT2D eigenvalue weighted by Crippen LogP contribution is -2.24. The molecule has 0 saturated heterocycles. The minimum Gasteiger partial charge on any atom is -0.347 e. The molecule has 0 atom stereocenters. The van der Waals surface area contributed by atoms with Crippen LogP contribution in [0.1, 0.15) is 10.5 Å². The molecule has 1 amide bonds. The number of pyridine rings is 1. The summed E-state index contributed by atoms with van der Waals surface area (Å²) in [5, 5.41) is 4.65. The van der Waals surface area contributed by atoms with Crippen LogP contribution in [0.4, 0.5) is 0 Å². The van der Waals surface area contributed by atoms with E-state index >= 15 is 0 Å². The number of nitrogens with zero attached hydrogens (tertiary/aromatic N) is 1. The molecule has 0 aliphatic rings. The highest BCUT2D eigenvalue weighted by Crippen LogP contribution is 2.15. The zero-order valence-electron chi connectivity index (χ0n) is 9.97. The molecular weight excluding hydrogens is 226 g/mol. The lowest BCUT2D eigenvalue weighted by molar-refractivity contribution is 0.0955. The summed E-state index contributed by atoms with van der Waals surface area (Å²) in [7, 11) is 0. The number of rotatable bonds is 4. The maximum atomic E-state index is 12.0. The van der Waals surface area contributed by atoms with Crippen LogP contribution in [0.25, 0.3) is 10.8 Å². The molecule has 2 rings (SSSR count). The zero-order valence-corrected chi connectivity index (χ0v) is 9.97. The van der Waals surface area contributed by atoms with E-state index in [4.69, 9.17) is 5.73 Å². The number of carbonyl (C=O) groups excluding carboxylic acids is 1. The van der Waals surface area contributed by atoms with Crippen LogP contribution in [0.15, 0.2) is 48.7 Å². The summed E-state index contributed by atoms with van der Waals surface area (Å²) in [5.41, 5.74) is 5.77. The number of hydrogen-bond donors (Lipinski definition) is 2. The fourth-order valence-corrected chi connectivity index (χ4v) is 1.72. The van der Waals surface area contributed by atoms with Gasteiger partial charge in [0.15, 0.2) is 0 Å². The van der Waals surface area contributed by atoms with Crippen molar-refractivity contribution in [3.05, 3.63) is 54.4 Å². The Kier molecular flexibility index (Phi) is 4.04. The van der Waals surface area contributed by atoms with Gasteiger partial charge < -0.3 is 11.1 Å². The van der Waals surface area contributed by atoms with Gasteiger partial charge in [-0.15, -0.1) is 0 Å². The topological polar surface area (TPSA) is 68.0 Å². The van der Waals surface area contributed by atoms with Crippen molar-refractivity contribution in [2.24, 2.45) is 5.73 Å². The van der Waals surface area contributed by atoms with Gasteiger partial charge in [-0.3, -0.25) is 9.78 Å². The van der Waals surface area contributed by atoms with Gasteiger partial charge in [0.2, 0.25) is 0 Å². The fraction of sp³-hybridized carbons (Fsp3) is 0.143. The predicted molar refractivity (Wildman–Crippen MR) is 72.3 cm³/mol. The van der Waals surface area contributed by atoms with Crippen molar-refractivity contribution < 1.29 is 4.79 Å². The summed E-state index contributed by atoms with van der Waals surface area (Å²) in [6.07, 6.45) is 5.27.